The Balaban J connectivity index is 1.88. The van der Waals surface area contributed by atoms with E-state index < -0.39 is 0 Å². The number of anilines is 2. The Morgan fingerprint density at radius 3 is 2.70 bits per heavy atom. The maximum absolute atomic E-state index is 12.8. The molecule has 3 rings (SSSR count). The second-order valence-electron chi connectivity index (χ2n) is 4.71. The smallest absolute Gasteiger partial charge is 0.227 e. The number of benzene rings is 1. The Labute approximate surface area is 115 Å². The van der Waals surface area contributed by atoms with Gasteiger partial charge in [0.15, 0.2) is 5.78 Å². The zero-order valence-electron chi connectivity index (χ0n) is 10.7. The average molecular weight is 269 g/mol. The quantitative estimate of drug-likeness (QED) is 0.851. The van der Waals surface area contributed by atoms with Crippen molar-refractivity contribution in [2.45, 2.75) is 12.8 Å². The van der Waals surface area contributed by atoms with Crippen molar-refractivity contribution >= 4 is 17.4 Å². The summed E-state index contributed by atoms with van der Waals surface area (Å²) in [5.41, 5.74) is 2.79. The van der Waals surface area contributed by atoms with E-state index in [1.807, 2.05) is 0 Å². The number of ketones is 1. The van der Waals surface area contributed by atoms with Crippen molar-refractivity contribution in [3.63, 3.8) is 0 Å². The first kappa shape index (κ1) is 12.5. The van der Waals surface area contributed by atoms with Gasteiger partial charge in [-0.1, -0.05) is 12.2 Å². The lowest BCUT2D eigenvalue weighted by atomic mass is 9.93. The molecule has 1 N–H and O–H groups in total. The van der Waals surface area contributed by atoms with E-state index in [0.717, 1.165) is 5.57 Å². The summed E-state index contributed by atoms with van der Waals surface area (Å²) in [4.78, 5) is 20.3. The maximum atomic E-state index is 12.8. The summed E-state index contributed by atoms with van der Waals surface area (Å²) in [5, 5.41) is 2.98. The highest BCUT2D eigenvalue weighted by atomic mass is 19.1. The number of Topliss-reactive ketones (excluding diaryl/α,β-unsaturated/α-hetero) is 1. The molecule has 1 heterocycles. The summed E-state index contributed by atoms with van der Waals surface area (Å²) < 4.78 is 12.8. The van der Waals surface area contributed by atoms with Crippen LogP contribution < -0.4 is 5.32 Å². The van der Waals surface area contributed by atoms with Crippen molar-refractivity contribution in [3.8, 4) is 0 Å². The van der Waals surface area contributed by atoms with Crippen LogP contribution in [0.3, 0.4) is 0 Å². The van der Waals surface area contributed by atoms with Gasteiger partial charge in [0.1, 0.15) is 5.82 Å². The minimum absolute atomic E-state index is 0.00424. The third kappa shape index (κ3) is 2.42. The van der Waals surface area contributed by atoms with Gasteiger partial charge < -0.3 is 5.32 Å². The van der Waals surface area contributed by atoms with Gasteiger partial charge in [0.2, 0.25) is 5.95 Å². The van der Waals surface area contributed by atoms with Crippen molar-refractivity contribution in [1.82, 2.24) is 9.97 Å². The Kier molecular flexibility index (Phi) is 3.02. The molecule has 0 radical (unpaired) electrons. The van der Waals surface area contributed by atoms with Crippen molar-refractivity contribution in [2.24, 2.45) is 0 Å². The van der Waals surface area contributed by atoms with Crippen LogP contribution in [0.5, 0.6) is 0 Å². The molecule has 5 heteroatoms. The molecule has 4 nitrogen and oxygen atoms in total. The van der Waals surface area contributed by atoms with Crippen molar-refractivity contribution in [1.29, 1.82) is 0 Å². The number of rotatable bonds is 2. The molecule has 0 fully saturated rings. The molecule has 0 unspecified atom stereocenters. The van der Waals surface area contributed by atoms with Crippen LogP contribution in [0.1, 0.15) is 22.5 Å². The van der Waals surface area contributed by atoms with Crippen LogP contribution in [0.25, 0.3) is 0 Å². The number of nitrogens with one attached hydrogen (secondary N) is 1. The molecule has 1 aliphatic rings. The molecule has 1 aromatic heterocycles. The number of nitrogens with zero attached hydrogens (tertiary/aromatic N) is 2. The van der Waals surface area contributed by atoms with Gasteiger partial charge in [0.25, 0.3) is 0 Å². The van der Waals surface area contributed by atoms with Crippen LogP contribution in [0.2, 0.25) is 0 Å². The summed E-state index contributed by atoms with van der Waals surface area (Å²) in [6.07, 6.45) is 2.48. The highest BCUT2D eigenvalue weighted by Crippen LogP contribution is 2.23. The Morgan fingerprint density at radius 2 is 1.95 bits per heavy atom. The number of aromatic nitrogens is 2. The molecule has 20 heavy (non-hydrogen) atoms. The molecule has 0 saturated carbocycles. The molecule has 0 bridgehead atoms. The van der Waals surface area contributed by atoms with Gasteiger partial charge in [-0.3, -0.25) is 4.79 Å². The van der Waals surface area contributed by atoms with Gasteiger partial charge in [-0.05, 0) is 24.3 Å². The first-order valence-electron chi connectivity index (χ1n) is 6.20. The Hall–Kier alpha value is -2.56. The molecule has 0 atom stereocenters. The highest BCUT2D eigenvalue weighted by Gasteiger charge is 2.21. The first-order valence-corrected chi connectivity index (χ1v) is 6.20. The topological polar surface area (TPSA) is 54.9 Å². The fraction of sp³-hybridized carbons (Fsp3) is 0.133. The van der Waals surface area contributed by atoms with E-state index in [4.69, 9.17) is 0 Å². The van der Waals surface area contributed by atoms with E-state index in [-0.39, 0.29) is 11.6 Å². The summed E-state index contributed by atoms with van der Waals surface area (Å²) in [6, 6.07) is 5.91. The predicted octanol–water partition coefficient (Wildman–Crippen LogP) is 3.04. The molecular formula is C15H12FN3O. The van der Waals surface area contributed by atoms with Crippen LogP contribution in [0.15, 0.2) is 42.6 Å². The number of allylic oxidation sites excluding steroid dienone is 1. The van der Waals surface area contributed by atoms with Gasteiger partial charge in [0, 0.05) is 24.7 Å². The van der Waals surface area contributed by atoms with Crippen LogP contribution in [-0.2, 0) is 6.42 Å². The summed E-state index contributed by atoms with van der Waals surface area (Å²) in [6.45, 7) is 3.84. The van der Waals surface area contributed by atoms with Crippen LogP contribution >= 0.6 is 0 Å². The highest BCUT2D eigenvalue weighted by molar-refractivity contribution is 5.99. The maximum Gasteiger partial charge on any atom is 0.227 e. The fourth-order valence-electron chi connectivity index (χ4n) is 2.13. The predicted molar refractivity (Wildman–Crippen MR) is 73.5 cm³/mol. The molecule has 100 valence electrons. The zero-order valence-corrected chi connectivity index (χ0v) is 10.7. The fourth-order valence-corrected chi connectivity index (χ4v) is 2.13. The molecule has 1 aromatic carbocycles. The number of carbonyl (C=O) groups is 1. The molecule has 2 aromatic rings. The van der Waals surface area contributed by atoms with Gasteiger partial charge in [-0.2, -0.15) is 0 Å². The number of fused-ring (bicyclic) bond motifs is 1. The van der Waals surface area contributed by atoms with E-state index in [2.05, 4.69) is 21.9 Å². The molecule has 0 aliphatic heterocycles. The van der Waals surface area contributed by atoms with E-state index in [9.17, 15) is 9.18 Å². The van der Waals surface area contributed by atoms with Gasteiger partial charge in [-0.25, -0.2) is 14.4 Å². The van der Waals surface area contributed by atoms with E-state index >= 15 is 0 Å². The number of hydrogen-bond donors (Lipinski definition) is 1. The monoisotopic (exact) mass is 269 g/mol. The second-order valence-corrected chi connectivity index (χ2v) is 4.71. The average Bonchev–Trinajstić information content (AvgIpc) is 2.41. The van der Waals surface area contributed by atoms with Crippen molar-refractivity contribution in [2.75, 3.05) is 5.32 Å². The van der Waals surface area contributed by atoms with Crippen LogP contribution in [0.4, 0.5) is 16.0 Å². The standard InChI is InChI=1S/C15H12FN3O/c1-9-6-13-12(14(20)7-9)8-17-15(19-13)18-11-4-2-10(16)3-5-11/h2-5,8H,1,6-7H2,(H,17,18,19). The van der Waals surface area contributed by atoms with E-state index in [0.29, 0.717) is 35.7 Å². The molecule has 0 amide bonds. The Morgan fingerprint density at radius 1 is 1.20 bits per heavy atom. The van der Waals surface area contributed by atoms with Crippen molar-refractivity contribution < 1.29 is 9.18 Å². The van der Waals surface area contributed by atoms with Gasteiger partial charge in [0.05, 0.1) is 11.3 Å². The Bertz CT molecular complexity index is 695. The minimum atomic E-state index is -0.302. The summed E-state index contributed by atoms with van der Waals surface area (Å²) in [5.74, 6) is 0.0891. The van der Waals surface area contributed by atoms with Crippen LogP contribution in [0, 0.1) is 5.82 Å². The zero-order chi connectivity index (χ0) is 14.1. The van der Waals surface area contributed by atoms with Gasteiger partial charge in [-0.15, -0.1) is 0 Å². The third-order valence-corrected chi connectivity index (χ3v) is 3.10. The molecule has 0 spiro atoms. The van der Waals surface area contributed by atoms with Crippen molar-refractivity contribution in [3.05, 3.63) is 59.7 Å². The van der Waals surface area contributed by atoms with E-state index in [1.165, 1.54) is 18.3 Å². The lowest BCUT2D eigenvalue weighted by Gasteiger charge is -2.16. The minimum Gasteiger partial charge on any atom is -0.324 e. The lowest BCUT2D eigenvalue weighted by Crippen LogP contribution is -2.16. The summed E-state index contributed by atoms with van der Waals surface area (Å²) in [7, 11) is 0. The summed E-state index contributed by atoms with van der Waals surface area (Å²) >= 11 is 0. The normalized spacial score (nSPS) is 14.1. The van der Waals surface area contributed by atoms with Crippen LogP contribution in [-0.4, -0.2) is 15.8 Å². The second kappa shape index (κ2) is 4.85. The molecule has 1 aliphatic carbocycles. The SMILES string of the molecule is C=C1CC(=O)c2cnc(Nc3ccc(F)cc3)nc2C1. The largest absolute Gasteiger partial charge is 0.324 e. The third-order valence-electron chi connectivity index (χ3n) is 3.10. The lowest BCUT2D eigenvalue weighted by molar-refractivity contribution is 0.0986. The van der Waals surface area contributed by atoms with Gasteiger partial charge >= 0.3 is 0 Å². The molecule has 0 saturated heterocycles. The number of carbonyl (C=O) groups excluding carboxylic acids is 1. The van der Waals surface area contributed by atoms with E-state index in [1.54, 1.807) is 12.1 Å². The number of halogens is 1. The number of hydrogen-bond acceptors (Lipinski definition) is 4. The molecular weight excluding hydrogens is 257 g/mol. The first-order chi connectivity index (χ1) is 9.61.